The number of rotatable bonds is 3. The van der Waals surface area contributed by atoms with Gasteiger partial charge in [0.2, 0.25) is 11.8 Å². The maximum Gasteiger partial charge on any atom is 0.227 e. The van der Waals surface area contributed by atoms with Crippen LogP contribution in [-0.4, -0.2) is 18.4 Å². The van der Waals surface area contributed by atoms with Crippen LogP contribution in [0.2, 0.25) is 0 Å². The summed E-state index contributed by atoms with van der Waals surface area (Å²) in [6, 6.07) is 5.79. The molecule has 1 fully saturated rings. The average molecular weight is 298 g/mol. The number of aryl methyl sites for hydroxylation is 1. The molecule has 1 heterocycles. The molecule has 1 aliphatic heterocycles. The van der Waals surface area contributed by atoms with Gasteiger partial charge in [0.1, 0.15) is 0 Å². The molecule has 1 aliphatic carbocycles. The first-order valence-electron chi connectivity index (χ1n) is 8.02. The quantitative estimate of drug-likeness (QED) is 0.869. The molecule has 22 heavy (non-hydrogen) atoms. The van der Waals surface area contributed by atoms with Gasteiger partial charge in [-0.2, -0.15) is 0 Å². The number of hydrogen-bond donors (Lipinski definition) is 1. The van der Waals surface area contributed by atoms with Crippen LogP contribution in [0, 0.1) is 12.8 Å². The van der Waals surface area contributed by atoms with E-state index in [-0.39, 0.29) is 17.7 Å². The SMILES string of the molecule is Cc1cc(NC(=O)C2CC=CCC2)ccc1N1CCCC1=O. The lowest BCUT2D eigenvalue weighted by Crippen LogP contribution is -2.25. The van der Waals surface area contributed by atoms with Gasteiger partial charge in [0, 0.05) is 30.3 Å². The van der Waals surface area contributed by atoms with Crippen LogP contribution in [0.4, 0.5) is 11.4 Å². The van der Waals surface area contributed by atoms with Crippen LogP contribution in [0.25, 0.3) is 0 Å². The lowest BCUT2D eigenvalue weighted by Gasteiger charge is -2.20. The highest BCUT2D eigenvalue weighted by Crippen LogP contribution is 2.28. The summed E-state index contributed by atoms with van der Waals surface area (Å²) in [5, 5.41) is 3.01. The highest BCUT2D eigenvalue weighted by Gasteiger charge is 2.23. The molecular weight excluding hydrogens is 276 g/mol. The minimum Gasteiger partial charge on any atom is -0.326 e. The Bertz CT molecular complexity index is 622. The van der Waals surface area contributed by atoms with E-state index in [0.29, 0.717) is 6.42 Å². The zero-order valence-corrected chi connectivity index (χ0v) is 13.0. The van der Waals surface area contributed by atoms with Crippen LogP contribution in [0.3, 0.4) is 0 Å². The lowest BCUT2D eigenvalue weighted by molar-refractivity contribution is -0.120. The third-order valence-corrected chi connectivity index (χ3v) is 4.47. The van der Waals surface area contributed by atoms with Crippen molar-refractivity contribution in [1.82, 2.24) is 0 Å². The van der Waals surface area contributed by atoms with Gasteiger partial charge in [0.25, 0.3) is 0 Å². The molecule has 3 rings (SSSR count). The van der Waals surface area contributed by atoms with E-state index >= 15 is 0 Å². The van der Waals surface area contributed by atoms with Crippen molar-refractivity contribution in [2.45, 2.75) is 39.0 Å². The standard InChI is InChI=1S/C18H22N2O2/c1-13-12-15(19-18(22)14-6-3-2-4-7-14)9-10-16(13)20-11-5-8-17(20)21/h2-3,9-10,12,14H,4-8,11H2,1H3,(H,19,22). The van der Waals surface area contributed by atoms with E-state index in [0.717, 1.165) is 49.2 Å². The second-order valence-electron chi connectivity index (χ2n) is 6.12. The van der Waals surface area contributed by atoms with E-state index in [1.807, 2.05) is 30.0 Å². The fourth-order valence-corrected chi connectivity index (χ4v) is 3.21. The van der Waals surface area contributed by atoms with Gasteiger partial charge in [-0.15, -0.1) is 0 Å². The number of anilines is 2. The molecule has 0 radical (unpaired) electrons. The molecule has 4 heteroatoms. The van der Waals surface area contributed by atoms with E-state index in [1.54, 1.807) is 0 Å². The maximum absolute atomic E-state index is 12.3. The summed E-state index contributed by atoms with van der Waals surface area (Å²) in [7, 11) is 0. The van der Waals surface area contributed by atoms with Crippen molar-refractivity contribution in [2.24, 2.45) is 5.92 Å². The first kappa shape index (κ1) is 14.8. The number of nitrogens with one attached hydrogen (secondary N) is 1. The van der Waals surface area contributed by atoms with Crippen molar-refractivity contribution in [3.05, 3.63) is 35.9 Å². The predicted octanol–water partition coefficient (Wildman–Crippen LogP) is 3.42. The van der Waals surface area contributed by atoms with E-state index in [9.17, 15) is 9.59 Å². The molecule has 1 aromatic carbocycles. The van der Waals surface area contributed by atoms with Crippen LogP contribution in [0.5, 0.6) is 0 Å². The van der Waals surface area contributed by atoms with Crippen molar-refractivity contribution >= 4 is 23.2 Å². The summed E-state index contributed by atoms with van der Waals surface area (Å²) in [6.45, 7) is 2.78. The molecule has 2 amide bonds. The third-order valence-electron chi connectivity index (χ3n) is 4.47. The van der Waals surface area contributed by atoms with Crippen LogP contribution in [0.1, 0.15) is 37.7 Å². The molecule has 1 unspecified atom stereocenters. The molecule has 1 saturated heterocycles. The first-order valence-corrected chi connectivity index (χ1v) is 8.02. The molecule has 0 saturated carbocycles. The average Bonchev–Trinajstić information content (AvgIpc) is 2.94. The first-order chi connectivity index (χ1) is 10.6. The Morgan fingerprint density at radius 3 is 2.82 bits per heavy atom. The molecule has 2 aliphatic rings. The Morgan fingerprint density at radius 2 is 2.18 bits per heavy atom. The topological polar surface area (TPSA) is 49.4 Å². The molecule has 1 N–H and O–H groups in total. The van der Waals surface area contributed by atoms with Gasteiger partial charge in [0.15, 0.2) is 0 Å². The molecular formula is C18H22N2O2. The smallest absolute Gasteiger partial charge is 0.227 e. The highest BCUT2D eigenvalue weighted by molar-refractivity contribution is 5.97. The Kier molecular flexibility index (Phi) is 4.27. The monoisotopic (exact) mass is 298 g/mol. The summed E-state index contributed by atoms with van der Waals surface area (Å²) in [5.41, 5.74) is 2.80. The van der Waals surface area contributed by atoms with E-state index < -0.39 is 0 Å². The third kappa shape index (κ3) is 3.06. The number of hydrogen-bond acceptors (Lipinski definition) is 2. The van der Waals surface area contributed by atoms with Crippen LogP contribution < -0.4 is 10.2 Å². The van der Waals surface area contributed by atoms with E-state index in [4.69, 9.17) is 0 Å². The number of carbonyl (C=O) groups is 2. The van der Waals surface area contributed by atoms with E-state index in [2.05, 4.69) is 17.5 Å². The van der Waals surface area contributed by atoms with Crippen molar-refractivity contribution < 1.29 is 9.59 Å². The summed E-state index contributed by atoms with van der Waals surface area (Å²) < 4.78 is 0. The number of allylic oxidation sites excluding steroid dienone is 2. The zero-order chi connectivity index (χ0) is 15.5. The minimum atomic E-state index is 0.0742. The van der Waals surface area contributed by atoms with Crippen molar-refractivity contribution in [2.75, 3.05) is 16.8 Å². The van der Waals surface area contributed by atoms with Gasteiger partial charge in [-0.1, -0.05) is 12.2 Å². The maximum atomic E-state index is 12.3. The van der Waals surface area contributed by atoms with Gasteiger partial charge in [-0.05, 0) is 56.4 Å². The van der Waals surface area contributed by atoms with Gasteiger partial charge in [-0.25, -0.2) is 0 Å². The highest BCUT2D eigenvalue weighted by atomic mass is 16.2. The van der Waals surface area contributed by atoms with E-state index in [1.165, 1.54) is 0 Å². The zero-order valence-electron chi connectivity index (χ0n) is 13.0. The Labute approximate surface area is 131 Å². The van der Waals surface area contributed by atoms with Gasteiger partial charge in [0.05, 0.1) is 0 Å². The fourth-order valence-electron chi connectivity index (χ4n) is 3.21. The Hall–Kier alpha value is -2.10. The van der Waals surface area contributed by atoms with Crippen molar-refractivity contribution in [3.8, 4) is 0 Å². The molecule has 0 aromatic heterocycles. The molecule has 0 spiro atoms. The molecule has 0 bridgehead atoms. The Balaban J connectivity index is 1.70. The second kappa shape index (κ2) is 6.34. The summed E-state index contributed by atoms with van der Waals surface area (Å²) in [6.07, 6.45) is 8.50. The summed E-state index contributed by atoms with van der Waals surface area (Å²) >= 11 is 0. The van der Waals surface area contributed by atoms with Gasteiger partial charge >= 0.3 is 0 Å². The number of amides is 2. The summed E-state index contributed by atoms with van der Waals surface area (Å²) in [5.74, 6) is 0.354. The number of carbonyl (C=O) groups excluding carboxylic acids is 2. The molecule has 1 aromatic rings. The predicted molar refractivity (Wildman–Crippen MR) is 87.9 cm³/mol. The normalized spacial score (nSPS) is 21.2. The van der Waals surface area contributed by atoms with Gasteiger partial charge < -0.3 is 10.2 Å². The molecule has 116 valence electrons. The number of benzene rings is 1. The van der Waals surface area contributed by atoms with Crippen molar-refractivity contribution in [1.29, 1.82) is 0 Å². The summed E-state index contributed by atoms with van der Waals surface area (Å²) in [4.78, 5) is 25.9. The number of nitrogens with zero attached hydrogens (tertiary/aromatic N) is 1. The second-order valence-corrected chi connectivity index (χ2v) is 6.12. The van der Waals surface area contributed by atoms with Crippen LogP contribution in [-0.2, 0) is 9.59 Å². The largest absolute Gasteiger partial charge is 0.326 e. The molecule has 4 nitrogen and oxygen atoms in total. The van der Waals surface area contributed by atoms with Gasteiger partial charge in [-0.3, -0.25) is 9.59 Å². The minimum absolute atomic E-state index is 0.0742. The van der Waals surface area contributed by atoms with Crippen LogP contribution in [0.15, 0.2) is 30.4 Å². The Morgan fingerprint density at radius 1 is 1.32 bits per heavy atom. The molecule has 1 atom stereocenters. The van der Waals surface area contributed by atoms with Crippen molar-refractivity contribution in [3.63, 3.8) is 0 Å². The fraction of sp³-hybridized carbons (Fsp3) is 0.444. The van der Waals surface area contributed by atoms with Crippen LogP contribution >= 0.6 is 0 Å². The lowest BCUT2D eigenvalue weighted by atomic mass is 9.93.